The Labute approximate surface area is 222 Å². The van der Waals surface area contributed by atoms with Crippen molar-refractivity contribution < 1.29 is 19.1 Å². The summed E-state index contributed by atoms with van der Waals surface area (Å²) in [5, 5.41) is 9.19. The van der Waals surface area contributed by atoms with Crippen LogP contribution in [0.3, 0.4) is 0 Å². The van der Waals surface area contributed by atoms with E-state index in [9.17, 15) is 9.59 Å². The molecule has 0 spiro atoms. The van der Waals surface area contributed by atoms with Crippen LogP contribution in [0.1, 0.15) is 67.1 Å². The summed E-state index contributed by atoms with van der Waals surface area (Å²) in [4.78, 5) is 32.0. The number of nitrogens with one attached hydrogen (secondary N) is 2. The molecule has 0 radical (unpaired) electrons. The van der Waals surface area contributed by atoms with Gasteiger partial charge >= 0.3 is 0 Å². The van der Waals surface area contributed by atoms with Gasteiger partial charge in [0, 0.05) is 29.8 Å². The quantitative estimate of drug-likeness (QED) is 0.409. The summed E-state index contributed by atoms with van der Waals surface area (Å²) < 4.78 is 11.9. The summed E-state index contributed by atoms with van der Waals surface area (Å²) in [6, 6.07) is 13.3. The van der Waals surface area contributed by atoms with Crippen LogP contribution >= 0.6 is 0 Å². The zero-order chi connectivity index (χ0) is 26.5. The SMILES string of the molecule is CCC1CC(=O)N(Cc2ccc(NC(=O)c3c[nH]cn3)cc2)N=C1c1ccc(OC)c(OC2CCCC2)c1. The van der Waals surface area contributed by atoms with E-state index in [4.69, 9.17) is 14.6 Å². The fourth-order valence-corrected chi connectivity index (χ4v) is 4.99. The van der Waals surface area contributed by atoms with Crippen molar-refractivity contribution in [2.24, 2.45) is 11.0 Å². The van der Waals surface area contributed by atoms with Gasteiger partial charge in [-0.3, -0.25) is 9.59 Å². The van der Waals surface area contributed by atoms with Gasteiger partial charge in [-0.1, -0.05) is 19.1 Å². The molecule has 38 heavy (non-hydrogen) atoms. The summed E-state index contributed by atoms with van der Waals surface area (Å²) in [5.41, 5.74) is 3.70. The Morgan fingerprint density at radius 1 is 1.13 bits per heavy atom. The number of anilines is 1. The molecule has 1 fully saturated rings. The molecule has 1 aliphatic heterocycles. The number of hydrogen-bond donors (Lipinski definition) is 2. The minimum atomic E-state index is -0.291. The molecular formula is C29H33N5O4. The maximum Gasteiger partial charge on any atom is 0.275 e. The molecule has 0 saturated heterocycles. The number of aromatic amines is 1. The van der Waals surface area contributed by atoms with Crippen LogP contribution in [0.2, 0.25) is 0 Å². The minimum absolute atomic E-state index is 0.00699. The molecule has 2 aliphatic rings. The Hall–Kier alpha value is -4.14. The van der Waals surface area contributed by atoms with E-state index in [0.717, 1.165) is 41.9 Å². The topological polar surface area (TPSA) is 109 Å². The van der Waals surface area contributed by atoms with E-state index in [1.165, 1.54) is 25.4 Å². The zero-order valence-corrected chi connectivity index (χ0v) is 21.8. The molecule has 9 heteroatoms. The second-order valence-corrected chi connectivity index (χ2v) is 9.74. The van der Waals surface area contributed by atoms with Crippen molar-refractivity contribution in [3.63, 3.8) is 0 Å². The maximum atomic E-state index is 13.0. The lowest BCUT2D eigenvalue weighted by molar-refractivity contribution is -0.133. The number of carbonyl (C=O) groups is 2. The van der Waals surface area contributed by atoms with Crippen LogP contribution in [0.25, 0.3) is 0 Å². The Balaban J connectivity index is 1.34. The fraction of sp³-hybridized carbons (Fsp3) is 0.379. The second-order valence-electron chi connectivity index (χ2n) is 9.74. The highest BCUT2D eigenvalue weighted by atomic mass is 16.5. The monoisotopic (exact) mass is 515 g/mol. The molecule has 2 N–H and O–H groups in total. The normalized spacial score (nSPS) is 17.8. The average Bonchev–Trinajstić information content (AvgIpc) is 3.66. The molecule has 9 nitrogen and oxygen atoms in total. The van der Waals surface area contributed by atoms with Gasteiger partial charge in [0.25, 0.3) is 5.91 Å². The van der Waals surface area contributed by atoms with Gasteiger partial charge in [0.15, 0.2) is 11.5 Å². The van der Waals surface area contributed by atoms with Gasteiger partial charge in [0.1, 0.15) is 5.69 Å². The number of hydrazone groups is 1. The van der Waals surface area contributed by atoms with E-state index in [1.54, 1.807) is 12.1 Å². The summed E-state index contributed by atoms with van der Waals surface area (Å²) in [5.74, 6) is 1.17. The number of benzene rings is 2. The lowest BCUT2D eigenvalue weighted by atomic mass is 9.89. The fourth-order valence-electron chi connectivity index (χ4n) is 4.99. The molecule has 0 bridgehead atoms. The van der Waals surface area contributed by atoms with Gasteiger partial charge in [-0.15, -0.1) is 0 Å². The van der Waals surface area contributed by atoms with Crippen LogP contribution in [0.5, 0.6) is 11.5 Å². The smallest absolute Gasteiger partial charge is 0.275 e. The van der Waals surface area contributed by atoms with E-state index < -0.39 is 0 Å². The van der Waals surface area contributed by atoms with Crippen LogP contribution < -0.4 is 14.8 Å². The number of aromatic nitrogens is 2. The number of rotatable bonds is 9. The van der Waals surface area contributed by atoms with Crippen LogP contribution in [0, 0.1) is 5.92 Å². The molecule has 1 saturated carbocycles. The van der Waals surface area contributed by atoms with Crippen LogP contribution in [0.4, 0.5) is 5.69 Å². The van der Waals surface area contributed by atoms with Crippen molar-refractivity contribution in [3.8, 4) is 11.5 Å². The number of imidazole rings is 1. The molecule has 2 amide bonds. The van der Waals surface area contributed by atoms with E-state index in [0.29, 0.717) is 30.1 Å². The summed E-state index contributed by atoms with van der Waals surface area (Å²) >= 11 is 0. The zero-order valence-electron chi connectivity index (χ0n) is 21.8. The molecule has 5 rings (SSSR count). The van der Waals surface area contributed by atoms with E-state index >= 15 is 0 Å². The number of amides is 2. The summed E-state index contributed by atoms with van der Waals surface area (Å²) in [6.07, 6.45) is 8.90. The number of methoxy groups -OCH3 is 1. The maximum absolute atomic E-state index is 13.0. The second kappa shape index (κ2) is 11.5. The van der Waals surface area contributed by atoms with Crippen molar-refractivity contribution in [2.75, 3.05) is 12.4 Å². The Bertz CT molecular complexity index is 1300. The van der Waals surface area contributed by atoms with Gasteiger partial charge in [0.2, 0.25) is 5.91 Å². The molecule has 2 heterocycles. The lowest BCUT2D eigenvalue weighted by Gasteiger charge is -2.29. The Morgan fingerprint density at radius 3 is 2.61 bits per heavy atom. The average molecular weight is 516 g/mol. The Kier molecular flexibility index (Phi) is 7.72. The molecule has 1 aromatic heterocycles. The van der Waals surface area contributed by atoms with Gasteiger partial charge in [-0.2, -0.15) is 5.10 Å². The minimum Gasteiger partial charge on any atom is -0.493 e. The highest BCUT2D eigenvalue weighted by Crippen LogP contribution is 2.34. The first-order valence-electron chi connectivity index (χ1n) is 13.2. The third-order valence-electron chi connectivity index (χ3n) is 7.15. The molecule has 198 valence electrons. The first-order valence-corrected chi connectivity index (χ1v) is 13.2. The van der Waals surface area contributed by atoms with Crippen molar-refractivity contribution in [2.45, 2.75) is 58.1 Å². The largest absolute Gasteiger partial charge is 0.493 e. The molecule has 3 aromatic rings. The number of nitrogens with zero attached hydrogens (tertiary/aromatic N) is 3. The summed E-state index contributed by atoms with van der Waals surface area (Å²) in [7, 11) is 1.65. The van der Waals surface area contributed by atoms with Crippen LogP contribution in [-0.2, 0) is 11.3 Å². The standard InChI is InChI=1S/C29H33N5O4/c1-3-20-15-27(35)34(17-19-8-11-22(12-9-19)32-29(36)24-16-30-18-31-24)33-28(20)21-10-13-25(37-2)26(14-21)38-23-6-4-5-7-23/h8-14,16,18,20,23H,3-7,15,17H2,1-2H3,(H,30,31)(H,32,36). The summed E-state index contributed by atoms with van der Waals surface area (Å²) in [6.45, 7) is 2.42. The van der Waals surface area contributed by atoms with Gasteiger partial charge in [-0.05, 0) is 68.0 Å². The van der Waals surface area contributed by atoms with Gasteiger partial charge in [0.05, 0.1) is 31.8 Å². The predicted molar refractivity (Wildman–Crippen MR) is 144 cm³/mol. The van der Waals surface area contributed by atoms with Crippen LogP contribution in [-0.4, -0.2) is 45.7 Å². The predicted octanol–water partition coefficient (Wildman–Crippen LogP) is 5.15. The highest BCUT2D eigenvalue weighted by Gasteiger charge is 2.30. The van der Waals surface area contributed by atoms with Crippen LogP contribution in [0.15, 0.2) is 60.1 Å². The third-order valence-corrected chi connectivity index (χ3v) is 7.15. The molecule has 1 unspecified atom stereocenters. The highest BCUT2D eigenvalue weighted by molar-refractivity contribution is 6.06. The molecule has 2 aromatic carbocycles. The molecular weight excluding hydrogens is 482 g/mol. The Morgan fingerprint density at radius 2 is 1.92 bits per heavy atom. The van der Waals surface area contributed by atoms with Crippen molar-refractivity contribution >= 4 is 23.2 Å². The van der Waals surface area contributed by atoms with E-state index in [-0.39, 0.29) is 23.8 Å². The number of carbonyl (C=O) groups excluding carboxylic acids is 2. The number of hydrogen-bond acceptors (Lipinski definition) is 6. The first kappa shape index (κ1) is 25.5. The third kappa shape index (κ3) is 5.72. The lowest BCUT2D eigenvalue weighted by Crippen LogP contribution is -2.36. The van der Waals surface area contributed by atoms with Crippen molar-refractivity contribution in [1.82, 2.24) is 15.0 Å². The molecule has 1 aliphatic carbocycles. The molecule has 1 atom stereocenters. The van der Waals surface area contributed by atoms with Crippen molar-refractivity contribution in [3.05, 3.63) is 71.8 Å². The van der Waals surface area contributed by atoms with Gasteiger partial charge in [-0.25, -0.2) is 9.99 Å². The number of ether oxygens (including phenoxy) is 2. The van der Waals surface area contributed by atoms with E-state index in [1.807, 2.05) is 42.5 Å². The number of H-pyrrole nitrogens is 1. The first-order chi connectivity index (χ1) is 18.5. The van der Waals surface area contributed by atoms with Crippen molar-refractivity contribution in [1.29, 1.82) is 0 Å². The van der Waals surface area contributed by atoms with E-state index in [2.05, 4.69) is 22.2 Å². The van der Waals surface area contributed by atoms with Gasteiger partial charge < -0.3 is 19.8 Å².